The highest BCUT2D eigenvalue weighted by molar-refractivity contribution is 5.97. The van der Waals surface area contributed by atoms with Gasteiger partial charge in [-0.15, -0.1) is 0 Å². The molecule has 2 amide bonds. The van der Waals surface area contributed by atoms with E-state index in [1.54, 1.807) is 0 Å². The molecule has 1 rings (SSSR count). The van der Waals surface area contributed by atoms with Gasteiger partial charge in [0.2, 0.25) is 11.8 Å². The SMILES string of the molecule is CC(C)CC(=O)NC(=O)C1CC1. The molecule has 68 valence electrons. The van der Waals surface area contributed by atoms with Gasteiger partial charge in [-0.25, -0.2) is 0 Å². The fourth-order valence-electron chi connectivity index (χ4n) is 1.01. The monoisotopic (exact) mass is 169 g/mol. The van der Waals surface area contributed by atoms with Crippen LogP contribution in [0.3, 0.4) is 0 Å². The summed E-state index contributed by atoms with van der Waals surface area (Å²) in [4.78, 5) is 22.1. The van der Waals surface area contributed by atoms with Gasteiger partial charge < -0.3 is 0 Å². The van der Waals surface area contributed by atoms with E-state index < -0.39 is 0 Å². The number of rotatable bonds is 3. The molecular weight excluding hydrogens is 154 g/mol. The van der Waals surface area contributed by atoms with Gasteiger partial charge >= 0.3 is 0 Å². The Balaban J connectivity index is 2.20. The first-order chi connectivity index (χ1) is 5.59. The molecule has 0 aromatic rings. The van der Waals surface area contributed by atoms with Crippen molar-refractivity contribution >= 4 is 11.8 Å². The molecule has 0 aliphatic heterocycles. The van der Waals surface area contributed by atoms with Gasteiger partial charge in [0, 0.05) is 12.3 Å². The summed E-state index contributed by atoms with van der Waals surface area (Å²) in [5, 5.41) is 2.40. The Morgan fingerprint density at radius 3 is 2.42 bits per heavy atom. The van der Waals surface area contributed by atoms with Gasteiger partial charge in [-0.1, -0.05) is 13.8 Å². The second-order valence-corrected chi connectivity index (χ2v) is 3.78. The van der Waals surface area contributed by atoms with Crippen molar-refractivity contribution in [2.45, 2.75) is 33.1 Å². The van der Waals surface area contributed by atoms with Crippen molar-refractivity contribution in [3.63, 3.8) is 0 Å². The molecule has 0 atom stereocenters. The molecule has 0 spiro atoms. The molecule has 0 aromatic carbocycles. The minimum Gasteiger partial charge on any atom is -0.296 e. The van der Waals surface area contributed by atoms with Crippen LogP contribution in [0.1, 0.15) is 33.1 Å². The minimum absolute atomic E-state index is 0.0827. The van der Waals surface area contributed by atoms with Crippen LogP contribution in [0.15, 0.2) is 0 Å². The average molecular weight is 169 g/mol. The van der Waals surface area contributed by atoms with E-state index in [1.165, 1.54) is 0 Å². The first-order valence-corrected chi connectivity index (χ1v) is 4.43. The van der Waals surface area contributed by atoms with Gasteiger partial charge in [0.15, 0.2) is 0 Å². The number of hydrogen-bond acceptors (Lipinski definition) is 2. The van der Waals surface area contributed by atoms with Crippen LogP contribution in [0, 0.1) is 11.8 Å². The third kappa shape index (κ3) is 3.03. The lowest BCUT2D eigenvalue weighted by Gasteiger charge is -2.04. The van der Waals surface area contributed by atoms with Gasteiger partial charge in [-0.2, -0.15) is 0 Å². The predicted molar refractivity (Wildman–Crippen MR) is 45.3 cm³/mol. The maximum absolute atomic E-state index is 11.1. The summed E-state index contributed by atoms with van der Waals surface area (Å²) in [5.41, 5.74) is 0. The van der Waals surface area contributed by atoms with Crippen molar-refractivity contribution in [3.8, 4) is 0 Å². The highest BCUT2D eigenvalue weighted by Crippen LogP contribution is 2.28. The molecule has 1 aliphatic carbocycles. The lowest BCUT2D eigenvalue weighted by molar-refractivity contribution is -0.131. The summed E-state index contributed by atoms with van der Waals surface area (Å²) in [7, 11) is 0. The highest BCUT2D eigenvalue weighted by atomic mass is 16.2. The van der Waals surface area contributed by atoms with E-state index in [0.29, 0.717) is 12.3 Å². The molecule has 12 heavy (non-hydrogen) atoms. The zero-order chi connectivity index (χ0) is 9.14. The van der Waals surface area contributed by atoms with Gasteiger partial charge in [0.1, 0.15) is 0 Å². The molecule has 0 saturated heterocycles. The van der Waals surface area contributed by atoms with E-state index >= 15 is 0 Å². The Bertz CT molecular complexity index is 195. The summed E-state index contributed by atoms with van der Waals surface area (Å²) in [6, 6.07) is 0. The first-order valence-electron chi connectivity index (χ1n) is 4.43. The molecule has 1 fully saturated rings. The second kappa shape index (κ2) is 3.70. The van der Waals surface area contributed by atoms with Crippen molar-refractivity contribution in [2.24, 2.45) is 11.8 Å². The molecule has 0 heterocycles. The first kappa shape index (κ1) is 9.23. The van der Waals surface area contributed by atoms with Crippen LogP contribution in [0.4, 0.5) is 0 Å². The maximum atomic E-state index is 11.1. The molecule has 3 nitrogen and oxygen atoms in total. The molecule has 1 aliphatic rings. The van der Waals surface area contributed by atoms with E-state index in [9.17, 15) is 9.59 Å². The Morgan fingerprint density at radius 2 is 2.00 bits per heavy atom. The Labute approximate surface area is 72.5 Å². The van der Waals surface area contributed by atoms with Crippen LogP contribution in [0.25, 0.3) is 0 Å². The molecule has 1 saturated carbocycles. The molecule has 3 heteroatoms. The van der Waals surface area contributed by atoms with E-state index in [1.807, 2.05) is 13.8 Å². The van der Waals surface area contributed by atoms with Crippen molar-refractivity contribution in [1.82, 2.24) is 5.32 Å². The number of imide groups is 1. The van der Waals surface area contributed by atoms with Crippen LogP contribution >= 0.6 is 0 Å². The number of hydrogen-bond donors (Lipinski definition) is 1. The molecule has 0 bridgehead atoms. The lowest BCUT2D eigenvalue weighted by Crippen LogP contribution is -2.32. The largest absolute Gasteiger partial charge is 0.296 e. The van der Waals surface area contributed by atoms with Crippen molar-refractivity contribution in [3.05, 3.63) is 0 Å². The van der Waals surface area contributed by atoms with Crippen LogP contribution in [-0.2, 0) is 9.59 Å². The van der Waals surface area contributed by atoms with Crippen molar-refractivity contribution in [1.29, 1.82) is 0 Å². The quantitative estimate of drug-likeness (QED) is 0.687. The number of nitrogens with one attached hydrogen (secondary N) is 1. The number of amides is 2. The lowest BCUT2D eigenvalue weighted by atomic mass is 10.1. The van der Waals surface area contributed by atoms with Crippen LogP contribution in [0.5, 0.6) is 0 Å². The van der Waals surface area contributed by atoms with Gasteiger partial charge in [-0.05, 0) is 18.8 Å². The zero-order valence-corrected chi connectivity index (χ0v) is 7.59. The Kier molecular flexibility index (Phi) is 2.84. The van der Waals surface area contributed by atoms with E-state index in [-0.39, 0.29) is 17.7 Å². The summed E-state index contributed by atoms with van der Waals surface area (Å²) in [5.74, 6) is 0.223. The highest BCUT2D eigenvalue weighted by Gasteiger charge is 2.30. The van der Waals surface area contributed by atoms with Crippen molar-refractivity contribution in [2.75, 3.05) is 0 Å². The van der Waals surface area contributed by atoms with Crippen LogP contribution in [0.2, 0.25) is 0 Å². The normalized spacial score (nSPS) is 16.2. The smallest absolute Gasteiger partial charge is 0.229 e. The maximum Gasteiger partial charge on any atom is 0.229 e. The zero-order valence-electron chi connectivity index (χ0n) is 7.59. The topological polar surface area (TPSA) is 46.2 Å². The summed E-state index contributed by atoms with van der Waals surface area (Å²) in [6.45, 7) is 3.92. The molecule has 1 N–H and O–H groups in total. The van der Waals surface area contributed by atoms with E-state index in [2.05, 4.69) is 5.32 Å². The van der Waals surface area contributed by atoms with Gasteiger partial charge in [-0.3, -0.25) is 14.9 Å². The van der Waals surface area contributed by atoms with Gasteiger partial charge in [0.05, 0.1) is 0 Å². The molecule has 0 radical (unpaired) electrons. The summed E-state index contributed by atoms with van der Waals surface area (Å²) in [6.07, 6.45) is 2.33. The fraction of sp³-hybridized carbons (Fsp3) is 0.778. The van der Waals surface area contributed by atoms with Crippen LogP contribution < -0.4 is 5.32 Å². The van der Waals surface area contributed by atoms with Gasteiger partial charge in [0.25, 0.3) is 0 Å². The fourth-order valence-corrected chi connectivity index (χ4v) is 1.01. The predicted octanol–water partition coefficient (Wildman–Crippen LogP) is 1.09. The molecular formula is C9H15NO2. The Morgan fingerprint density at radius 1 is 1.42 bits per heavy atom. The van der Waals surface area contributed by atoms with E-state index in [4.69, 9.17) is 0 Å². The molecule has 0 aromatic heterocycles. The second-order valence-electron chi connectivity index (χ2n) is 3.78. The summed E-state index contributed by atoms with van der Waals surface area (Å²) < 4.78 is 0. The summed E-state index contributed by atoms with van der Waals surface area (Å²) >= 11 is 0. The third-order valence-corrected chi connectivity index (χ3v) is 1.80. The minimum atomic E-state index is -0.137. The Hall–Kier alpha value is -0.860. The number of carbonyl (C=O) groups excluding carboxylic acids is 2. The standard InChI is InChI=1S/C9H15NO2/c1-6(2)5-8(11)10-9(12)7-3-4-7/h6-7H,3-5H2,1-2H3,(H,10,11,12). The average Bonchev–Trinajstić information content (AvgIpc) is 2.63. The molecule has 0 unspecified atom stereocenters. The van der Waals surface area contributed by atoms with E-state index in [0.717, 1.165) is 12.8 Å². The third-order valence-electron chi connectivity index (χ3n) is 1.80. The van der Waals surface area contributed by atoms with Crippen LogP contribution in [-0.4, -0.2) is 11.8 Å². The number of carbonyl (C=O) groups is 2. The van der Waals surface area contributed by atoms with Crippen molar-refractivity contribution < 1.29 is 9.59 Å².